The zero-order valence-electron chi connectivity index (χ0n) is 13.0. The zero-order valence-corrected chi connectivity index (χ0v) is 13.8. The lowest BCUT2D eigenvalue weighted by molar-refractivity contribution is 0.0726. The third-order valence-electron chi connectivity index (χ3n) is 3.28. The first kappa shape index (κ1) is 17.5. The number of carbonyl (C=O) groups is 1. The molecule has 2 N–H and O–H groups in total. The van der Waals surface area contributed by atoms with Gasteiger partial charge < -0.3 is 10.5 Å². The predicted octanol–water partition coefficient (Wildman–Crippen LogP) is 2.20. The van der Waals surface area contributed by atoms with Crippen molar-refractivity contribution in [3.63, 3.8) is 0 Å². The second-order valence-electron chi connectivity index (χ2n) is 5.11. The largest absolute Gasteiger partial charge is 0.402 e. The molecule has 0 fully saturated rings. The van der Waals surface area contributed by atoms with Crippen molar-refractivity contribution in [3.8, 4) is 5.88 Å². The summed E-state index contributed by atoms with van der Waals surface area (Å²) in [6, 6.07) is 9.80. The highest BCUT2D eigenvalue weighted by atomic mass is 32.2. The van der Waals surface area contributed by atoms with Crippen LogP contribution in [0.2, 0.25) is 0 Å². The number of hydrogen-bond acceptors (Lipinski definition) is 6. The van der Waals surface area contributed by atoms with Gasteiger partial charge in [0.25, 0.3) is 10.0 Å². The molecule has 0 aliphatic carbocycles. The van der Waals surface area contributed by atoms with E-state index in [1.54, 1.807) is 0 Å². The maximum Gasteiger partial charge on any atom is 0.345 e. The summed E-state index contributed by atoms with van der Waals surface area (Å²) in [6.45, 7) is 0. The molecule has 0 spiro atoms. The number of halogens is 2. The zero-order chi connectivity index (χ0) is 18.9. The molecule has 1 aromatic heterocycles. The molecule has 0 bridgehead atoms. The molecule has 0 aliphatic heterocycles. The minimum absolute atomic E-state index is 0.0838. The highest BCUT2D eigenvalue weighted by molar-refractivity contribution is 7.90. The number of nitrogens with zero attached hydrogens (tertiary/aromatic N) is 2. The van der Waals surface area contributed by atoms with Crippen molar-refractivity contribution in [3.05, 3.63) is 71.8 Å². The van der Waals surface area contributed by atoms with Crippen LogP contribution in [-0.2, 0) is 10.0 Å². The van der Waals surface area contributed by atoms with Crippen LogP contribution in [0.15, 0.2) is 59.5 Å². The summed E-state index contributed by atoms with van der Waals surface area (Å²) in [5.41, 5.74) is 5.55. The summed E-state index contributed by atoms with van der Waals surface area (Å²) >= 11 is 0. The smallest absolute Gasteiger partial charge is 0.345 e. The van der Waals surface area contributed by atoms with Gasteiger partial charge in [0.2, 0.25) is 5.88 Å². The minimum atomic E-state index is -4.21. The molecule has 0 aliphatic rings. The van der Waals surface area contributed by atoms with E-state index in [9.17, 15) is 22.0 Å². The van der Waals surface area contributed by atoms with Crippen molar-refractivity contribution in [1.82, 2.24) is 9.19 Å². The highest BCUT2D eigenvalue weighted by Gasteiger charge is 2.23. The van der Waals surface area contributed by atoms with Crippen molar-refractivity contribution in [2.75, 3.05) is 5.73 Å². The summed E-state index contributed by atoms with van der Waals surface area (Å²) in [4.78, 5) is 11.7. The summed E-state index contributed by atoms with van der Waals surface area (Å²) in [7, 11) is -4.21. The fourth-order valence-corrected chi connectivity index (χ4v) is 3.27. The van der Waals surface area contributed by atoms with E-state index in [2.05, 4.69) is 5.10 Å². The first-order valence-electron chi connectivity index (χ1n) is 7.12. The summed E-state index contributed by atoms with van der Waals surface area (Å²) < 4.78 is 56.5. The van der Waals surface area contributed by atoms with Crippen LogP contribution >= 0.6 is 0 Å². The Labute approximate surface area is 146 Å². The number of rotatable bonds is 4. The first-order valence-corrected chi connectivity index (χ1v) is 8.56. The number of ether oxygens (including phenoxy) is 1. The lowest BCUT2D eigenvalue weighted by Crippen LogP contribution is -2.17. The molecule has 0 saturated carbocycles. The van der Waals surface area contributed by atoms with Gasteiger partial charge in [0.1, 0.15) is 17.5 Å². The fourth-order valence-electron chi connectivity index (χ4n) is 2.08. The fraction of sp³-hybridized carbons (Fsp3) is 0. The Morgan fingerprint density at radius 2 is 1.73 bits per heavy atom. The van der Waals surface area contributed by atoms with E-state index >= 15 is 0 Å². The van der Waals surface area contributed by atoms with Crippen molar-refractivity contribution in [1.29, 1.82) is 0 Å². The number of carbonyl (C=O) groups excluding carboxylic acids is 1. The number of anilines is 1. The van der Waals surface area contributed by atoms with E-state index in [0.29, 0.717) is 4.09 Å². The van der Waals surface area contributed by atoms with Gasteiger partial charge >= 0.3 is 5.97 Å². The van der Waals surface area contributed by atoms with Gasteiger partial charge in [-0.3, -0.25) is 0 Å². The van der Waals surface area contributed by atoms with E-state index in [1.165, 1.54) is 12.1 Å². The molecule has 26 heavy (non-hydrogen) atoms. The molecule has 0 saturated heterocycles. The number of esters is 1. The van der Waals surface area contributed by atoms with Crippen LogP contribution in [0, 0.1) is 11.6 Å². The average Bonchev–Trinajstić information content (AvgIpc) is 2.96. The van der Waals surface area contributed by atoms with E-state index in [1.807, 2.05) is 0 Å². The Balaban J connectivity index is 1.89. The van der Waals surface area contributed by atoms with Crippen molar-refractivity contribution in [2.24, 2.45) is 0 Å². The van der Waals surface area contributed by atoms with Crippen LogP contribution in [0.3, 0.4) is 0 Å². The molecule has 0 radical (unpaired) electrons. The van der Waals surface area contributed by atoms with Gasteiger partial charge in [-0.15, -0.1) is 9.19 Å². The van der Waals surface area contributed by atoms with Gasteiger partial charge in [0.05, 0.1) is 10.5 Å². The van der Waals surface area contributed by atoms with Gasteiger partial charge in [0, 0.05) is 6.07 Å². The van der Waals surface area contributed by atoms with Crippen LogP contribution in [0.5, 0.6) is 5.88 Å². The monoisotopic (exact) mass is 379 g/mol. The van der Waals surface area contributed by atoms with E-state index in [4.69, 9.17) is 10.5 Å². The van der Waals surface area contributed by atoms with E-state index in [0.717, 1.165) is 42.5 Å². The molecule has 2 aromatic carbocycles. The van der Waals surface area contributed by atoms with Crippen LogP contribution in [0.25, 0.3) is 0 Å². The summed E-state index contributed by atoms with van der Waals surface area (Å²) in [5, 5.41) is 3.64. The third kappa shape index (κ3) is 3.40. The molecule has 10 heteroatoms. The highest BCUT2D eigenvalue weighted by Crippen LogP contribution is 2.22. The van der Waals surface area contributed by atoms with Gasteiger partial charge in [-0.2, -0.15) is 8.42 Å². The van der Waals surface area contributed by atoms with Gasteiger partial charge in [-0.25, -0.2) is 13.6 Å². The van der Waals surface area contributed by atoms with Gasteiger partial charge in [-0.1, -0.05) is 6.07 Å². The normalized spacial score (nSPS) is 11.3. The number of aromatic nitrogens is 2. The molecular weight excluding hydrogens is 368 g/mol. The predicted molar refractivity (Wildman–Crippen MR) is 87.0 cm³/mol. The van der Waals surface area contributed by atoms with Crippen molar-refractivity contribution < 1.29 is 26.7 Å². The standard InChI is InChI=1S/C16H11F2N3O4S/c17-11-4-6-13(7-5-11)26(23,24)21-14(19)9-15(20-21)25-16(22)10-2-1-3-12(18)8-10/h1-9H,19H2. The van der Waals surface area contributed by atoms with Gasteiger partial charge in [0.15, 0.2) is 0 Å². The SMILES string of the molecule is Nc1cc(OC(=O)c2cccc(F)c2)nn1S(=O)(=O)c1ccc(F)cc1. The maximum atomic E-state index is 13.2. The first-order chi connectivity index (χ1) is 12.3. The van der Waals surface area contributed by atoms with Crippen LogP contribution < -0.4 is 10.5 Å². The molecule has 0 atom stereocenters. The van der Waals surface area contributed by atoms with E-state index in [-0.39, 0.29) is 22.2 Å². The quantitative estimate of drug-likeness (QED) is 0.697. The lowest BCUT2D eigenvalue weighted by Gasteiger charge is -2.05. The van der Waals surface area contributed by atoms with Crippen LogP contribution in [0.1, 0.15) is 10.4 Å². The Morgan fingerprint density at radius 3 is 2.38 bits per heavy atom. The Morgan fingerprint density at radius 1 is 1.04 bits per heavy atom. The van der Waals surface area contributed by atoms with Gasteiger partial charge in [-0.05, 0) is 42.5 Å². The van der Waals surface area contributed by atoms with Crippen LogP contribution in [-0.4, -0.2) is 23.6 Å². The molecule has 7 nitrogen and oxygen atoms in total. The average molecular weight is 379 g/mol. The third-order valence-corrected chi connectivity index (χ3v) is 4.89. The van der Waals surface area contributed by atoms with Crippen molar-refractivity contribution >= 4 is 21.8 Å². The van der Waals surface area contributed by atoms with Crippen LogP contribution in [0.4, 0.5) is 14.6 Å². The second kappa shape index (κ2) is 6.56. The topological polar surface area (TPSA) is 104 Å². The number of nitrogen functional groups attached to an aromatic ring is 1. The summed E-state index contributed by atoms with van der Waals surface area (Å²) in [6.07, 6.45) is 0. The Bertz CT molecular complexity index is 1080. The minimum Gasteiger partial charge on any atom is -0.402 e. The molecule has 0 unspecified atom stereocenters. The Hall–Kier alpha value is -3.27. The molecule has 1 heterocycles. The molecular formula is C16H11F2N3O4S. The lowest BCUT2D eigenvalue weighted by atomic mass is 10.2. The number of nitrogens with two attached hydrogens (primary N) is 1. The number of hydrogen-bond donors (Lipinski definition) is 1. The molecule has 134 valence electrons. The van der Waals surface area contributed by atoms with Crippen molar-refractivity contribution in [2.45, 2.75) is 4.90 Å². The molecule has 0 amide bonds. The molecule has 3 rings (SSSR count). The second-order valence-corrected chi connectivity index (χ2v) is 6.88. The number of benzene rings is 2. The maximum absolute atomic E-state index is 13.2. The Kier molecular flexibility index (Phi) is 4.43. The van der Waals surface area contributed by atoms with E-state index < -0.39 is 27.6 Å². The summed E-state index contributed by atoms with van der Waals surface area (Å²) in [5.74, 6) is -2.89. The molecule has 3 aromatic rings.